The molecule has 4 aromatic rings. The maximum atomic E-state index is 13.3. The maximum Gasteiger partial charge on any atom is 0.511 e. The lowest BCUT2D eigenvalue weighted by molar-refractivity contribution is -0.110. The Kier molecular flexibility index (Phi) is 6.32. The number of benzene rings is 2. The van der Waals surface area contributed by atoms with Crippen molar-refractivity contribution in [2.45, 2.75) is 13.8 Å². The van der Waals surface area contributed by atoms with Crippen LogP contribution in [0.5, 0.6) is 5.75 Å². The summed E-state index contributed by atoms with van der Waals surface area (Å²) in [4.78, 5) is 55.4. The molecule has 2 amide bonds. The van der Waals surface area contributed by atoms with Crippen LogP contribution in [0.1, 0.15) is 32.9 Å². The number of halogens is 1. The number of aryl methyl sites for hydroxylation is 1. The van der Waals surface area contributed by atoms with E-state index in [0.717, 1.165) is 0 Å². The Morgan fingerprint density at radius 3 is 2.49 bits per heavy atom. The van der Waals surface area contributed by atoms with Gasteiger partial charge in [-0.2, -0.15) is 0 Å². The number of nitrogens with one attached hydrogen (secondary N) is 4. The molecule has 0 aliphatic carbocycles. The Morgan fingerprint density at radius 2 is 1.77 bits per heavy atom. The first-order valence-electron chi connectivity index (χ1n) is 11.7. The third-order valence-electron chi connectivity index (χ3n) is 6.29. The minimum Gasteiger partial charge on any atom is -0.449 e. The predicted molar refractivity (Wildman–Crippen MR) is 142 cm³/mol. The van der Waals surface area contributed by atoms with Crippen molar-refractivity contribution in [3.63, 3.8) is 0 Å². The highest BCUT2D eigenvalue weighted by atomic mass is 19.1. The summed E-state index contributed by atoms with van der Waals surface area (Å²) in [7, 11) is 0. The molecule has 10 nitrogen and oxygen atoms in total. The van der Waals surface area contributed by atoms with E-state index in [9.17, 15) is 23.6 Å². The third-order valence-corrected chi connectivity index (χ3v) is 6.29. The van der Waals surface area contributed by atoms with Crippen LogP contribution >= 0.6 is 0 Å². The first kappa shape index (κ1) is 25.2. The van der Waals surface area contributed by atoms with Crippen molar-refractivity contribution in [1.29, 1.82) is 0 Å². The number of H-pyrrole nitrogens is 2. The van der Waals surface area contributed by atoms with Gasteiger partial charge in [0, 0.05) is 40.5 Å². The number of carbonyl (C=O) groups is 3. The van der Waals surface area contributed by atoms with Crippen LogP contribution in [0.2, 0.25) is 0 Å². The number of ether oxygens (including phenoxy) is 1. The summed E-state index contributed by atoms with van der Waals surface area (Å²) in [6, 6.07) is 10.2. The van der Waals surface area contributed by atoms with Crippen LogP contribution in [0.15, 0.2) is 59.7 Å². The summed E-state index contributed by atoms with van der Waals surface area (Å²) in [5, 5.41) is 14.4. The zero-order valence-electron chi connectivity index (χ0n) is 20.6. The van der Waals surface area contributed by atoms with Gasteiger partial charge in [-0.25, -0.2) is 9.18 Å². The molecule has 0 saturated heterocycles. The fraction of sp³-hybridized carbons (Fsp3) is 0.0714. The van der Waals surface area contributed by atoms with Crippen LogP contribution in [0.25, 0.3) is 22.8 Å². The lowest BCUT2D eigenvalue weighted by atomic mass is 10.0. The van der Waals surface area contributed by atoms with Crippen LogP contribution in [0.4, 0.5) is 20.6 Å². The van der Waals surface area contributed by atoms with E-state index in [2.05, 4.69) is 20.6 Å². The molecule has 3 heterocycles. The quantitative estimate of drug-likeness (QED) is 0.183. The number of carbonyl (C=O) groups excluding carboxylic acids is 2. The molecule has 0 unspecified atom stereocenters. The SMILES string of the molecule is Cc1[nH]c(/C=C2\C(=O)Nc3cc(NC(=O)c4c[nH]cc(-c5ccc(F)cc5)c4=O)ccc32)c(C)c1OC(=O)O. The second kappa shape index (κ2) is 9.78. The van der Waals surface area contributed by atoms with Crippen LogP contribution in [-0.4, -0.2) is 33.0 Å². The van der Waals surface area contributed by atoms with Crippen molar-refractivity contribution < 1.29 is 28.6 Å². The molecule has 0 atom stereocenters. The minimum atomic E-state index is -1.44. The summed E-state index contributed by atoms with van der Waals surface area (Å²) >= 11 is 0. The molecule has 196 valence electrons. The van der Waals surface area contributed by atoms with Gasteiger partial charge >= 0.3 is 6.16 Å². The summed E-state index contributed by atoms with van der Waals surface area (Å²) in [6.07, 6.45) is 2.87. The van der Waals surface area contributed by atoms with E-state index in [1.165, 1.54) is 36.7 Å². The highest BCUT2D eigenvalue weighted by Crippen LogP contribution is 2.37. The molecule has 0 spiro atoms. The Labute approximate surface area is 220 Å². The standard InChI is InChI=1S/C28H21FN4O6/c1-13-22(31-14(2)25(13)39-28(37)38)10-19-18-8-7-17(9-23(18)33-26(19)35)32-27(36)21-12-30-11-20(24(21)34)15-3-5-16(29)6-4-15/h3-12,31H,1-2H3,(H,30,34)(H,32,36)(H,33,35)(H,37,38)/b19-10-. The molecular formula is C28H21FN4O6. The molecule has 0 fully saturated rings. The zero-order chi connectivity index (χ0) is 27.8. The second-order valence-corrected chi connectivity index (χ2v) is 8.83. The monoisotopic (exact) mass is 528 g/mol. The molecule has 1 aliphatic heterocycles. The fourth-order valence-corrected chi connectivity index (χ4v) is 4.40. The number of hydrogen-bond donors (Lipinski definition) is 5. The molecule has 5 rings (SSSR count). The van der Waals surface area contributed by atoms with Gasteiger partial charge in [0.15, 0.2) is 5.75 Å². The Balaban J connectivity index is 1.40. The second-order valence-electron chi connectivity index (χ2n) is 8.83. The Bertz CT molecular complexity index is 1750. The molecule has 5 N–H and O–H groups in total. The zero-order valence-corrected chi connectivity index (χ0v) is 20.6. The number of amides is 2. The molecule has 11 heteroatoms. The summed E-state index contributed by atoms with van der Waals surface area (Å²) < 4.78 is 18.1. The molecule has 2 aromatic carbocycles. The third kappa shape index (κ3) is 4.80. The Hall–Kier alpha value is -5.45. The topological polar surface area (TPSA) is 153 Å². The summed E-state index contributed by atoms with van der Waals surface area (Å²) in [5.41, 5.74) is 3.23. The van der Waals surface area contributed by atoms with Gasteiger partial charge in [-0.1, -0.05) is 18.2 Å². The summed E-state index contributed by atoms with van der Waals surface area (Å²) in [5.74, 6) is -1.32. The first-order chi connectivity index (χ1) is 18.6. The van der Waals surface area contributed by atoms with Crippen molar-refractivity contribution in [3.8, 4) is 16.9 Å². The van der Waals surface area contributed by atoms with Crippen LogP contribution < -0.4 is 20.8 Å². The van der Waals surface area contributed by atoms with Crippen LogP contribution in [0.3, 0.4) is 0 Å². The van der Waals surface area contributed by atoms with E-state index in [4.69, 9.17) is 9.84 Å². The molecule has 0 radical (unpaired) electrons. The molecule has 0 bridgehead atoms. The van der Waals surface area contributed by atoms with Gasteiger partial charge in [0.2, 0.25) is 5.43 Å². The number of rotatable bonds is 5. The average Bonchev–Trinajstić information content (AvgIpc) is 3.34. The predicted octanol–water partition coefficient (Wildman–Crippen LogP) is 4.93. The highest BCUT2D eigenvalue weighted by Gasteiger charge is 2.26. The van der Waals surface area contributed by atoms with E-state index in [-0.39, 0.29) is 22.8 Å². The minimum absolute atomic E-state index is 0.140. The number of aromatic amines is 2. The van der Waals surface area contributed by atoms with Crippen molar-refractivity contribution in [3.05, 3.63) is 99.0 Å². The van der Waals surface area contributed by atoms with E-state index < -0.39 is 23.3 Å². The van der Waals surface area contributed by atoms with Crippen LogP contribution in [0, 0.1) is 19.7 Å². The molecular weight excluding hydrogens is 507 g/mol. The Morgan fingerprint density at radius 1 is 1.03 bits per heavy atom. The van der Waals surface area contributed by atoms with Crippen LogP contribution in [-0.2, 0) is 4.79 Å². The van der Waals surface area contributed by atoms with Crippen molar-refractivity contribution >= 4 is 41.0 Å². The maximum absolute atomic E-state index is 13.3. The van der Waals surface area contributed by atoms with Gasteiger partial charge in [0.25, 0.3) is 11.8 Å². The number of anilines is 2. The normalized spacial score (nSPS) is 13.2. The van der Waals surface area contributed by atoms with Gasteiger partial charge in [0.05, 0.1) is 17.0 Å². The molecule has 39 heavy (non-hydrogen) atoms. The van der Waals surface area contributed by atoms with Gasteiger partial charge in [-0.15, -0.1) is 0 Å². The van der Waals surface area contributed by atoms with E-state index in [1.807, 2.05) is 0 Å². The first-order valence-corrected chi connectivity index (χ1v) is 11.7. The van der Waals surface area contributed by atoms with E-state index in [0.29, 0.717) is 45.0 Å². The van der Waals surface area contributed by atoms with E-state index in [1.54, 1.807) is 38.1 Å². The summed E-state index contributed by atoms with van der Waals surface area (Å²) in [6.45, 7) is 3.33. The number of hydrogen-bond acceptors (Lipinski definition) is 5. The smallest absolute Gasteiger partial charge is 0.449 e. The molecule has 2 aromatic heterocycles. The lowest BCUT2D eigenvalue weighted by Crippen LogP contribution is -2.22. The number of aromatic nitrogens is 2. The van der Waals surface area contributed by atoms with Crippen molar-refractivity contribution in [1.82, 2.24) is 9.97 Å². The van der Waals surface area contributed by atoms with Crippen molar-refractivity contribution in [2.75, 3.05) is 10.6 Å². The fourth-order valence-electron chi connectivity index (χ4n) is 4.40. The average molecular weight is 528 g/mol. The van der Waals surface area contributed by atoms with Gasteiger partial charge in [-0.3, -0.25) is 14.4 Å². The van der Waals surface area contributed by atoms with E-state index >= 15 is 0 Å². The molecule has 0 saturated carbocycles. The van der Waals surface area contributed by atoms with Gasteiger partial charge in [-0.05, 0) is 49.8 Å². The molecule has 1 aliphatic rings. The highest BCUT2D eigenvalue weighted by molar-refractivity contribution is 6.35. The number of pyridine rings is 1. The van der Waals surface area contributed by atoms with Gasteiger partial charge in [0.1, 0.15) is 11.4 Å². The largest absolute Gasteiger partial charge is 0.511 e. The van der Waals surface area contributed by atoms with Gasteiger partial charge < -0.3 is 30.4 Å². The van der Waals surface area contributed by atoms with Crippen molar-refractivity contribution in [2.24, 2.45) is 0 Å². The number of fused-ring (bicyclic) bond motifs is 1. The lowest BCUT2D eigenvalue weighted by Gasteiger charge is -2.08. The number of carboxylic acid groups (broad SMARTS) is 1.